The Balaban J connectivity index is 2.12. The molecule has 1 aliphatic heterocycles. The molecule has 110 valence electrons. The molecule has 1 aliphatic rings. The van der Waals surface area contributed by atoms with Crippen LogP contribution in [0.2, 0.25) is 0 Å². The van der Waals surface area contributed by atoms with E-state index in [4.69, 9.17) is 5.11 Å². The van der Waals surface area contributed by atoms with Gasteiger partial charge in [0.25, 0.3) is 0 Å². The number of nitrogens with one attached hydrogen (secondary N) is 1. The topological polar surface area (TPSA) is 69.6 Å². The molecule has 6 heteroatoms. The van der Waals surface area contributed by atoms with Gasteiger partial charge in [0.1, 0.15) is 0 Å². The SMILES string of the molecule is CC1CN(C(=O)NCCCCCC(=O)O)CC(C)S1. The van der Waals surface area contributed by atoms with Gasteiger partial charge in [0.2, 0.25) is 0 Å². The molecule has 5 nitrogen and oxygen atoms in total. The van der Waals surface area contributed by atoms with Crippen LogP contribution >= 0.6 is 11.8 Å². The first kappa shape index (κ1) is 16.1. The van der Waals surface area contributed by atoms with Gasteiger partial charge in [-0.1, -0.05) is 20.3 Å². The number of urea groups is 1. The van der Waals surface area contributed by atoms with Crippen molar-refractivity contribution in [3.8, 4) is 0 Å². The maximum absolute atomic E-state index is 11.9. The lowest BCUT2D eigenvalue weighted by molar-refractivity contribution is -0.137. The monoisotopic (exact) mass is 288 g/mol. The van der Waals surface area contributed by atoms with Gasteiger partial charge in [0.15, 0.2) is 0 Å². The normalized spacial score (nSPS) is 23.2. The smallest absolute Gasteiger partial charge is 0.317 e. The van der Waals surface area contributed by atoms with E-state index >= 15 is 0 Å². The molecule has 0 spiro atoms. The fourth-order valence-electron chi connectivity index (χ4n) is 2.23. The van der Waals surface area contributed by atoms with E-state index < -0.39 is 5.97 Å². The van der Waals surface area contributed by atoms with Gasteiger partial charge in [0.05, 0.1) is 0 Å². The molecule has 0 aliphatic carbocycles. The number of carboxylic acids is 1. The summed E-state index contributed by atoms with van der Waals surface area (Å²) in [6, 6.07) is 0.0113. The number of thioether (sulfide) groups is 1. The first-order chi connectivity index (χ1) is 8.99. The van der Waals surface area contributed by atoms with Gasteiger partial charge in [-0.15, -0.1) is 0 Å². The van der Waals surface area contributed by atoms with E-state index in [0.717, 1.165) is 25.9 Å². The second-order valence-corrected chi connectivity index (χ2v) is 6.98. The van der Waals surface area contributed by atoms with E-state index in [1.807, 2.05) is 16.7 Å². The van der Waals surface area contributed by atoms with Crippen LogP contribution in [0.25, 0.3) is 0 Å². The third-order valence-electron chi connectivity index (χ3n) is 3.05. The van der Waals surface area contributed by atoms with E-state index in [1.54, 1.807) is 0 Å². The van der Waals surface area contributed by atoms with E-state index in [1.165, 1.54) is 0 Å². The van der Waals surface area contributed by atoms with Gasteiger partial charge in [-0.05, 0) is 12.8 Å². The summed E-state index contributed by atoms with van der Waals surface area (Å²) in [5, 5.41) is 12.4. The zero-order chi connectivity index (χ0) is 14.3. The number of aliphatic carboxylic acids is 1. The van der Waals surface area contributed by atoms with Crippen molar-refractivity contribution in [2.24, 2.45) is 0 Å². The van der Waals surface area contributed by atoms with Crippen molar-refractivity contribution in [1.29, 1.82) is 0 Å². The molecule has 1 rings (SSSR count). The van der Waals surface area contributed by atoms with Crippen molar-refractivity contribution in [3.05, 3.63) is 0 Å². The van der Waals surface area contributed by atoms with Crippen LogP contribution in [0.1, 0.15) is 39.5 Å². The first-order valence-electron chi connectivity index (χ1n) is 6.89. The minimum Gasteiger partial charge on any atom is -0.481 e. The zero-order valence-electron chi connectivity index (χ0n) is 11.7. The van der Waals surface area contributed by atoms with E-state index in [0.29, 0.717) is 23.5 Å². The molecule has 0 bridgehead atoms. The van der Waals surface area contributed by atoms with Crippen molar-refractivity contribution in [2.45, 2.75) is 50.0 Å². The highest BCUT2D eigenvalue weighted by atomic mass is 32.2. The number of carboxylic acid groups (broad SMARTS) is 1. The number of unbranched alkanes of at least 4 members (excludes halogenated alkanes) is 2. The molecular formula is C13H24N2O3S. The number of rotatable bonds is 6. The highest BCUT2D eigenvalue weighted by Crippen LogP contribution is 2.24. The Kier molecular flexibility index (Phi) is 7.05. The van der Waals surface area contributed by atoms with Crippen LogP contribution < -0.4 is 5.32 Å². The Morgan fingerprint density at radius 2 is 1.84 bits per heavy atom. The Morgan fingerprint density at radius 3 is 2.42 bits per heavy atom. The Bertz CT molecular complexity index is 302. The molecule has 0 saturated carbocycles. The summed E-state index contributed by atoms with van der Waals surface area (Å²) < 4.78 is 0. The van der Waals surface area contributed by atoms with Gasteiger partial charge < -0.3 is 15.3 Å². The fourth-order valence-corrected chi connectivity index (χ4v) is 3.55. The van der Waals surface area contributed by atoms with Gasteiger partial charge in [-0.2, -0.15) is 11.8 Å². The van der Waals surface area contributed by atoms with Gasteiger partial charge in [-0.25, -0.2) is 4.79 Å². The second-order valence-electron chi connectivity index (χ2n) is 5.10. The Morgan fingerprint density at radius 1 is 1.21 bits per heavy atom. The summed E-state index contributed by atoms with van der Waals surface area (Å²) in [4.78, 5) is 24.1. The summed E-state index contributed by atoms with van der Waals surface area (Å²) in [5.41, 5.74) is 0. The van der Waals surface area contributed by atoms with Gasteiger partial charge in [-0.3, -0.25) is 4.79 Å². The summed E-state index contributed by atoms with van der Waals surface area (Å²) >= 11 is 1.92. The molecule has 0 aromatic carbocycles. The largest absolute Gasteiger partial charge is 0.481 e. The van der Waals surface area contributed by atoms with Gasteiger partial charge in [0, 0.05) is 36.6 Å². The predicted octanol–water partition coefficient (Wildman–Crippen LogP) is 2.17. The van der Waals surface area contributed by atoms with Crippen LogP contribution in [0.4, 0.5) is 4.79 Å². The summed E-state index contributed by atoms with van der Waals surface area (Å²) in [6.45, 7) is 6.53. The molecule has 2 amide bonds. The van der Waals surface area contributed by atoms with Crippen molar-refractivity contribution in [3.63, 3.8) is 0 Å². The number of nitrogens with zero attached hydrogens (tertiary/aromatic N) is 1. The van der Waals surface area contributed by atoms with Crippen molar-refractivity contribution >= 4 is 23.8 Å². The highest BCUT2D eigenvalue weighted by Gasteiger charge is 2.25. The summed E-state index contributed by atoms with van der Waals surface area (Å²) in [7, 11) is 0. The lowest BCUT2D eigenvalue weighted by Gasteiger charge is -2.34. The Labute approximate surface area is 119 Å². The van der Waals surface area contributed by atoms with Crippen LogP contribution in [0.3, 0.4) is 0 Å². The molecule has 0 aromatic rings. The van der Waals surface area contributed by atoms with E-state index in [-0.39, 0.29) is 12.5 Å². The lowest BCUT2D eigenvalue weighted by atomic mass is 10.2. The molecule has 1 fully saturated rings. The number of amides is 2. The minimum atomic E-state index is -0.752. The molecule has 2 unspecified atom stereocenters. The molecule has 0 radical (unpaired) electrons. The summed E-state index contributed by atoms with van der Waals surface area (Å²) in [6.07, 6.45) is 2.58. The highest BCUT2D eigenvalue weighted by molar-refractivity contribution is 8.00. The number of hydrogen-bond donors (Lipinski definition) is 2. The van der Waals surface area contributed by atoms with Crippen molar-refractivity contribution in [1.82, 2.24) is 10.2 Å². The molecule has 0 aromatic heterocycles. The quantitative estimate of drug-likeness (QED) is 0.735. The standard InChI is InChI=1S/C13H24N2O3S/c1-10-8-15(9-11(2)19-10)13(18)14-7-5-3-4-6-12(16)17/h10-11H,3-9H2,1-2H3,(H,14,18)(H,16,17). The van der Waals surface area contributed by atoms with Crippen LogP contribution in [-0.2, 0) is 4.79 Å². The minimum absolute atomic E-state index is 0.0113. The average Bonchev–Trinajstić information content (AvgIpc) is 2.31. The first-order valence-corrected chi connectivity index (χ1v) is 7.83. The molecular weight excluding hydrogens is 264 g/mol. The summed E-state index contributed by atoms with van der Waals surface area (Å²) in [5.74, 6) is -0.752. The molecule has 19 heavy (non-hydrogen) atoms. The van der Waals surface area contributed by atoms with Crippen molar-refractivity contribution < 1.29 is 14.7 Å². The molecule has 1 saturated heterocycles. The van der Waals surface area contributed by atoms with Crippen LogP contribution in [0.5, 0.6) is 0 Å². The Hall–Kier alpha value is -0.910. The third kappa shape index (κ3) is 6.71. The molecule has 2 atom stereocenters. The average molecular weight is 288 g/mol. The maximum Gasteiger partial charge on any atom is 0.317 e. The number of hydrogen-bond acceptors (Lipinski definition) is 3. The van der Waals surface area contributed by atoms with E-state index in [9.17, 15) is 9.59 Å². The van der Waals surface area contributed by atoms with E-state index in [2.05, 4.69) is 19.2 Å². The second kappa shape index (κ2) is 8.30. The van der Waals surface area contributed by atoms with Crippen LogP contribution in [0, 0.1) is 0 Å². The van der Waals surface area contributed by atoms with Gasteiger partial charge >= 0.3 is 12.0 Å². The van der Waals surface area contributed by atoms with Crippen molar-refractivity contribution in [2.75, 3.05) is 19.6 Å². The predicted molar refractivity (Wildman–Crippen MR) is 77.6 cm³/mol. The zero-order valence-corrected chi connectivity index (χ0v) is 12.5. The van der Waals surface area contributed by atoms with Crippen LogP contribution in [-0.4, -0.2) is 52.1 Å². The molecule has 1 heterocycles. The maximum atomic E-state index is 11.9. The van der Waals surface area contributed by atoms with Crippen LogP contribution in [0.15, 0.2) is 0 Å². The molecule has 2 N–H and O–H groups in total. The number of carbonyl (C=O) groups is 2. The third-order valence-corrected chi connectivity index (χ3v) is 4.28. The fraction of sp³-hybridized carbons (Fsp3) is 0.846. The number of carbonyl (C=O) groups excluding carboxylic acids is 1. The lowest BCUT2D eigenvalue weighted by Crippen LogP contribution is -2.48.